The number of anilines is 1. The summed E-state index contributed by atoms with van der Waals surface area (Å²) in [5.74, 6) is -1.40. The summed E-state index contributed by atoms with van der Waals surface area (Å²) >= 11 is 5.95. The van der Waals surface area contributed by atoms with E-state index in [1.54, 1.807) is 49.4 Å². The summed E-state index contributed by atoms with van der Waals surface area (Å²) in [4.78, 5) is 38.8. The lowest BCUT2D eigenvalue weighted by molar-refractivity contribution is -0.122. The van der Waals surface area contributed by atoms with Crippen molar-refractivity contribution in [3.63, 3.8) is 0 Å². The quantitative estimate of drug-likeness (QED) is 0.526. The van der Waals surface area contributed by atoms with Crippen LogP contribution in [-0.2, 0) is 9.59 Å². The summed E-state index contributed by atoms with van der Waals surface area (Å²) in [5, 5.41) is 2.85. The van der Waals surface area contributed by atoms with Crippen molar-refractivity contribution in [3.05, 3.63) is 88.7 Å². The molecule has 4 rings (SSSR count). The van der Waals surface area contributed by atoms with Gasteiger partial charge in [0.25, 0.3) is 11.8 Å². The Hall–Kier alpha value is -3.64. The molecule has 0 unspecified atom stereocenters. The fourth-order valence-electron chi connectivity index (χ4n) is 3.19. The van der Waals surface area contributed by atoms with Crippen molar-refractivity contribution in [1.82, 2.24) is 9.88 Å². The number of nitrogens with zero attached hydrogens (tertiary/aromatic N) is 2. The van der Waals surface area contributed by atoms with Crippen LogP contribution in [0.1, 0.15) is 11.3 Å². The predicted octanol–water partition coefficient (Wildman–Crippen LogP) is 4.11. The Bertz CT molecular complexity index is 1160. The molecule has 0 bridgehead atoms. The minimum Gasteiger partial charge on any atom is -0.317 e. The highest BCUT2D eigenvalue weighted by Crippen LogP contribution is 2.25. The third kappa shape index (κ3) is 3.46. The number of rotatable bonds is 3. The molecule has 0 saturated carbocycles. The Morgan fingerprint density at radius 2 is 1.66 bits per heavy atom. The van der Waals surface area contributed by atoms with E-state index >= 15 is 0 Å². The van der Waals surface area contributed by atoms with E-state index in [1.807, 2.05) is 29.0 Å². The maximum atomic E-state index is 13.1. The topological polar surface area (TPSA) is 71.4 Å². The van der Waals surface area contributed by atoms with Crippen molar-refractivity contribution in [2.24, 2.45) is 0 Å². The molecule has 144 valence electrons. The van der Waals surface area contributed by atoms with Crippen molar-refractivity contribution in [2.75, 3.05) is 4.90 Å². The zero-order valence-corrected chi connectivity index (χ0v) is 16.2. The smallest absolute Gasteiger partial charge is 0.317 e. The van der Waals surface area contributed by atoms with Crippen molar-refractivity contribution in [1.29, 1.82) is 0 Å². The average molecular weight is 406 g/mol. The molecule has 0 atom stereocenters. The number of aromatic nitrogens is 1. The number of urea groups is 1. The second-order valence-corrected chi connectivity index (χ2v) is 6.96. The first-order valence-electron chi connectivity index (χ1n) is 8.86. The highest BCUT2D eigenvalue weighted by Gasteiger charge is 2.37. The lowest BCUT2D eigenvalue weighted by atomic mass is 10.1. The van der Waals surface area contributed by atoms with Crippen LogP contribution in [0, 0.1) is 6.92 Å². The van der Waals surface area contributed by atoms with Crippen molar-refractivity contribution >= 4 is 41.2 Å². The number of carbonyl (C=O) groups is 3. The van der Waals surface area contributed by atoms with Gasteiger partial charge in [0.15, 0.2) is 0 Å². The van der Waals surface area contributed by atoms with E-state index in [0.717, 1.165) is 16.2 Å². The molecule has 1 saturated heterocycles. The molecule has 4 amide bonds. The van der Waals surface area contributed by atoms with Gasteiger partial charge in [-0.1, -0.05) is 29.8 Å². The van der Waals surface area contributed by atoms with Crippen molar-refractivity contribution in [3.8, 4) is 5.69 Å². The molecule has 3 aromatic rings. The summed E-state index contributed by atoms with van der Waals surface area (Å²) in [7, 11) is 0. The molecular formula is C22H16ClN3O3. The van der Waals surface area contributed by atoms with E-state index in [1.165, 1.54) is 6.08 Å². The Labute approximate surface area is 172 Å². The SMILES string of the molecule is Cc1ccccc1N1C(=O)NC(=O)/C(=C/c2cccn2-c2ccc(Cl)cc2)C1=O. The number of halogens is 1. The van der Waals surface area contributed by atoms with Gasteiger partial charge in [-0.15, -0.1) is 0 Å². The molecule has 0 aliphatic carbocycles. The first-order valence-corrected chi connectivity index (χ1v) is 9.24. The highest BCUT2D eigenvalue weighted by atomic mass is 35.5. The monoisotopic (exact) mass is 405 g/mol. The van der Waals surface area contributed by atoms with E-state index in [2.05, 4.69) is 5.32 Å². The largest absolute Gasteiger partial charge is 0.335 e. The second kappa shape index (κ2) is 7.41. The lowest BCUT2D eigenvalue weighted by Gasteiger charge is -2.27. The van der Waals surface area contributed by atoms with Crippen LogP contribution in [0.4, 0.5) is 10.5 Å². The number of aryl methyl sites for hydroxylation is 1. The van der Waals surface area contributed by atoms with Crippen LogP contribution in [0.25, 0.3) is 11.8 Å². The first kappa shape index (κ1) is 18.7. The Morgan fingerprint density at radius 1 is 0.931 bits per heavy atom. The molecular weight excluding hydrogens is 390 g/mol. The third-order valence-corrected chi connectivity index (χ3v) is 4.89. The van der Waals surface area contributed by atoms with Gasteiger partial charge in [-0.2, -0.15) is 0 Å². The summed E-state index contributed by atoms with van der Waals surface area (Å²) in [6.45, 7) is 1.79. The van der Waals surface area contributed by atoms with Crippen LogP contribution < -0.4 is 10.2 Å². The van der Waals surface area contributed by atoms with E-state index in [9.17, 15) is 14.4 Å². The standard InChI is InChI=1S/C22H16ClN3O3/c1-14-5-2-3-7-19(14)26-21(28)18(20(27)24-22(26)29)13-17-6-4-12-25(17)16-10-8-15(23)9-11-16/h2-13H,1H3,(H,24,27,29)/b18-13-. The molecule has 1 aromatic heterocycles. The fourth-order valence-corrected chi connectivity index (χ4v) is 3.31. The zero-order chi connectivity index (χ0) is 20.5. The molecule has 1 aliphatic heterocycles. The number of imide groups is 2. The predicted molar refractivity (Wildman–Crippen MR) is 111 cm³/mol. The fraction of sp³-hybridized carbons (Fsp3) is 0.0455. The van der Waals surface area contributed by atoms with Gasteiger partial charge in [-0.3, -0.25) is 14.9 Å². The Balaban J connectivity index is 1.76. The van der Waals surface area contributed by atoms with E-state index < -0.39 is 17.8 Å². The number of carbonyl (C=O) groups excluding carboxylic acids is 3. The molecule has 7 heteroatoms. The van der Waals surface area contributed by atoms with Gasteiger partial charge >= 0.3 is 6.03 Å². The van der Waals surface area contributed by atoms with Crippen molar-refractivity contribution in [2.45, 2.75) is 6.92 Å². The third-order valence-electron chi connectivity index (χ3n) is 4.64. The van der Waals surface area contributed by atoms with Gasteiger partial charge < -0.3 is 4.57 Å². The molecule has 1 fully saturated rings. The number of hydrogen-bond donors (Lipinski definition) is 1. The maximum absolute atomic E-state index is 13.1. The Morgan fingerprint density at radius 3 is 2.38 bits per heavy atom. The molecule has 29 heavy (non-hydrogen) atoms. The number of para-hydroxylation sites is 1. The van der Waals surface area contributed by atoms with Gasteiger partial charge in [-0.25, -0.2) is 9.69 Å². The van der Waals surface area contributed by atoms with Gasteiger partial charge in [0.05, 0.1) is 5.69 Å². The summed E-state index contributed by atoms with van der Waals surface area (Å²) in [5.41, 5.74) is 2.49. The van der Waals surface area contributed by atoms with Crippen LogP contribution in [0.5, 0.6) is 0 Å². The maximum Gasteiger partial charge on any atom is 0.335 e. The zero-order valence-electron chi connectivity index (χ0n) is 15.4. The number of barbiturate groups is 1. The second-order valence-electron chi connectivity index (χ2n) is 6.52. The van der Waals surface area contributed by atoms with Crippen LogP contribution in [0.2, 0.25) is 5.02 Å². The summed E-state index contributed by atoms with van der Waals surface area (Å²) < 4.78 is 1.82. The molecule has 0 spiro atoms. The normalized spacial score (nSPS) is 15.7. The van der Waals surface area contributed by atoms with Crippen LogP contribution in [0.15, 0.2) is 72.4 Å². The lowest BCUT2D eigenvalue weighted by Crippen LogP contribution is -2.54. The van der Waals surface area contributed by atoms with Gasteiger partial charge in [0.2, 0.25) is 0 Å². The minimum absolute atomic E-state index is 0.123. The van der Waals surface area contributed by atoms with E-state index in [4.69, 9.17) is 11.6 Å². The van der Waals surface area contributed by atoms with E-state index in [0.29, 0.717) is 16.4 Å². The number of benzene rings is 2. The first-order chi connectivity index (χ1) is 14.0. The molecule has 2 heterocycles. The molecule has 2 aromatic carbocycles. The molecule has 1 N–H and O–H groups in total. The van der Waals surface area contributed by atoms with Crippen LogP contribution >= 0.6 is 11.6 Å². The molecule has 1 aliphatic rings. The average Bonchev–Trinajstić information content (AvgIpc) is 3.15. The van der Waals surface area contributed by atoms with Gasteiger partial charge in [0, 0.05) is 22.6 Å². The Kier molecular flexibility index (Phi) is 4.78. The van der Waals surface area contributed by atoms with Gasteiger partial charge in [0.1, 0.15) is 5.57 Å². The number of amides is 4. The summed E-state index contributed by atoms with van der Waals surface area (Å²) in [6.07, 6.45) is 3.29. The van der Waals surface area contributed by atoms with Crippen LogP contribution in [0.3, 0.4) is 0 Å². The molecule has 6 nitrogen and oxygen atoms in total. The highest BCUT2D eigenvalue weighted by molar-refractivity contribution is 6.39. The van der Waals surface area contributed by atoms with E-state index in [-0.39, 0.29) is 5.57 Å². The number of nitrogens with one attached hydrogen (secondary N) is 1. The van der Waals surface area contributed by atoms with Crippen LogP contribution in [-0.4, -0.2) is 22.4 Å². The number of hydrogen-bond acceptors (Lipinski definition) is 3. The minimum atomic E-state index is -0.764. The summed E-state index contributed by atoms with van der Waals surface area (Å²) in [6, 6.07) is 17.0. The molecule has 0 radical (unpaired) electrons. The van der Waals surface area contributed by atoms with Gasteiger partial charge in [-0.05, 0) is 61.0 Å². The van der Waals surface area contributed by atoms with Crippen molar-refractivity contribution < 1.29 is 14.4 Å².